The number of pyridine rings is 1. The van der Waals surface area contributed by atoms with Crippen LogP contribution in [0, 0.1) is 17.1 Å². The van der Waals surface area contributed by atoms with Gasteiger partial charge in [0.2, 0.25) is 0 Å². The zero-order valence-corrected chi connectivity index (χ0v) is 19.3. The van der Waals surface area contributed by atoms with Crippen LogP contribution in [0.2, 0.25) is 0 Å². The number of nitrogens with zero attached hydrogens (tertiary/aromatic N) is 7. The molecule has 0 fully saturated rings. The molecule has 4 rings (SSSR count). The normalized spacial score (nSPS) is 12.1. The lowest BCUT2D eigenvalue weighted by molar-refractivity contribution is 0.414. The van der Waals surface area contributed by atoms with Crippen LogP contribution in [0.15, 0.2) is 60.1 Å². The highest BCUT2D eigenvalue weighted by atomic mass is 19.1. The van der Waals surface area contributed by atoms with E-state index in [1.54, 1.807) is 43.7 Å². The van der Waals surface area contributed by atoms with Gasteiger partial charge in [-0.1, -0.05) is 12.1 Å². The van der Waals surface area contributed by atoms with Crippen LogP contribution in [0.4, 0.5) is 16.0 Å². The number of methoxy groups -OCH3 is 1. The summed E-state index contributed by atoms with van der Waals surface area (Å²) >= 11 is 0. The molecule has 0 aliphatic rings. The van der Waals surface area contributed by atoms with Crippen molar-refractivity contribution >= 4 is 17.3 Å². The number of aliphatic imine (C=N–C) groups is 1. The Morgan fingerprint density at radius 1 is 1.29 bits per heavy atom. The number of nitrogens with one attached hydrogen (secondary N) is 1. The molecule has 1 unspecified atom stereocenters. The minimum Gasteiger partial charge on any atom is -0.497 e. The molecule has 10 nitrogen and oxygen atoms in total. The summed E-state index contributed by atoms with van der Waals surface area (Å²) in [6.07, 6.45) is 4.72. The third kappa shape index (κ3) is 4.77. The Labute approximate surface area is 201 Å². The Morgan fingerprint density at radius 3 is 2.80 bits per heavy atom. The van der Waals surface area contributed by atoms with E-state index in [0.717, 1.165) is 5.56 Å². The molecule has 1 atom stereocenters. The fourth-order valence-electron chi connectivity index (χ4n) is 3.52. The van der Waals surface area contributed by atoms with Crippen molar-refractivity contribution in [3.05, 3.63) is 83.5 Å². The summed E-state index contributed by atoms with van der Waals surface area (Å²) in [5, 5.41) is 17.0. The van der Waals surface area contributed by atoms with E-state index in [1.807, 2.05) is 13.0 Å². The van der Waals surface area contributed by atoms with Gasteiger partial charge in [-0.2, -0.15) is 10.4 Å². The topological polar surface area (TPSA) is 140 Å². The second-order valence-corrected chi connectivity index (χ2v) is 7.48. The quantitative estimate of drug-likeness (QED) is 0.391. The van der Waals surface area contributed by atoms with E-state index in [2.05, 4.69) is 30.4 Å². The van der Waals surface area contributed by atoms with Crippen LogP contribution in [-0.2, 0) is 0 Å². The number of rotatable bonds is 7. The van der Waals surface area contributed by atoms with Crippen molar-refractivity contribution in [2.75, 3.05) is 25.2 Å². The molecule has 4 aromatic rings. The molecule has 0 saturated carbocycles. The first-order valence-electron chi connectivity index (χ1n) is 10.5. The lowest BCUT2D eigenvalue weighted by atomic mass is 10.1. The van der Waals surface area contributed by atoms with Gasteiger partial charge in [-0.3, -0.25) is 4.99 Å². The first-order chi connectivity index (χ1) is 16.9. The predicted octanol–water partition coefficient (Wildman–Crippen LogP) is 3.30. The highest BCUT2D eigenvalue weighted by molar-refractivity contribution is 6.17. The number of hydrogen-bond donors (Lipinski definition) is 2. The second kappa shape index (κ2) is 9.96. The van der Waals surface area contributed by atoms with Gasteiger partial charge >= 0.3 is 0 Å². The first kappa shape index (κ1) is 23.3. The molecule has 0 spiro atoms. The van der Waals surface area contributed by atoms with Gasteiger partial charge in [0, 0.05) is 30.9 Å². The molecule has 176 valence electrons. The molecular weight excluding hydrogens is 449 g/mol. The molecule has 1 aromatic carbocycles. The van der Waals surface area contributed by atoms with Gasteiger partial charge < -0.3 is 15.8 Å². The zero-order valence-electron chi connectivity index (χ0n) is 19.3. The van der Waals surface area contributed by atoms with Gasteiger partial charge in [-0.05, 0) is 19.1 Å². The number of aromatic nitrogens is 5. The largest absolute Gasteiger partial charge is 0.497 e. The molecule has 0 aliphatic heterocycles. The number of ether oxygens (including phenoxy) is 1. The maximum Gasteiger partial charge on any atom is 0.148 e. The molecule has 0 bridgehead atoms. The Balaban J connectivity index is 1.69. The molecule has 3 aromatic heterocycles. The number of nitrogens with two attached hydrogens (primary N) is 1. The number of nitrogen functional groups attached to an aromatic ring is 1. The number of para-hydroxylation sites is 1. The molecule has 0 amide bonds. The highest BCUT2D eigenvalue weighted by Gasteiger charge is 2.21. The smallest absolute Gasteiger partial charge is 0.148 e. The summed E-state index contributed by atoms with van der Waals surface area (Å²) in [4.78, 5) is 17.2. The van der Waals surface area contributed by atoms with Gasteiger partial charge in [0.25, 0.3) is 0 Å². The van der Waals surface area contributed by atoms with E-state index < -0.39 is 0 Å². The van der Waals surface area contributed by atoms with Crippen LogP contribution in [0.3, 0.4) is 0 Å². The summed E-state index contributed by atoms with van der Waals surface area (Å²) in [5.41, 5.74) is 8.72. The van der Waals surface area contributed by atoms with Crippen LogP contribution in [-0.4, -0.2) is 44.6 Å². The predicted molar refractivity (Wildman–Crippen MR) is 129 cm³/mol. The molecule has 35 heavy (non-hydrogen) atoms. The Kier molecular flexibility index (Phi) is 6.64. The van der Waals surface area contributed by atoms with Gasteiger partial charge in [-0.25, -0.2) is 24.0 Å². The lowest BCUT2D eigenvalue weighted by Crippen LogP contribution is -2.17. The maximum absolute atomic E-state index is 14.2. The summed E-state index contributed by atoms with van der Waals surface area (Å²) in [6.45, 7) is 1.91. The van der Waals surface area contributed by atoms with Crippen LogP contribution in [0.1, 0.15) is 35.5 Å². The first-order valence-corrected chi connectivity index (χ1v) is 10.5. The van der Waals surface area contributed by atoms with E-state index in [4.69, 9.17) is 10.5 Å². The molecule has 0 radical (unpaired) electrons. The minimum absolute atomic E-state index is 0.166. The number of nitriles is 1. The van der Waals surface area contributed by atoms with Crippen LogP contribution < -0.4 is 15.8 Å². The maximum atomic E-state index is 14.2. The SMILES string of the molecule is CN=C(c1cc(OC)cc(C#N)n1)c1c(N)ncnc1NC(C)c1cnn(-c2ccccc2F)c1. The Morgan fingerprint density at radius 2 is 2.09 bits per heavy atom. The zero-order chi connectivity index (χ0) is 24.9. The molecule has 0 aliphatic carbocycles. The number of hydrogen-bond acceptors (Lipinski definition) is 9. The minimum atomic E-state index is -0.375. The average molecular weight is 472 g/mol. The highest BCUT2D eigenvalue weighted by Crippen LogP contribution is 2.27. The summed E-state index contributed by atoms with van der Waals surface area (Å²) in [6, 6.07) is 11.3. The number of halogens is 1. The fraction of sp³-hybridized carbons (Fsp3) is 0.167. The van der Waals surface area contributed by atoms with E-state index >= 15 is 0 Å². The van der Waals surface area contributed by atoms with Crippen molar-refractivity contribution in [1.29, 1.82) is 5.26 Å². The Bertz CT molecular complexity index is 1440. The molecule has 3 N–H and O–H groups in total. The van der Waals surface area contributed by atoms with E-state index in [0.29, 0.717) is 34.2 Å². The summed E-state index contributed by atoms with van der Waals surface area (Å²) in [5.74, 6) is 0.666. The van der Waals surface area contributed by atoms with Crippen molar-refractivity contribution in [3.63, 3.8) is 0 Å². The standard InChI is InChI=1S/C24H22FN9O/c1-14(15-11-31-34(12-15)20-7-5-4-6-18(20)25)32-24-21(23(27)29-13-30-24)22(28-2)19-9-17(35-3)8-16(10-26)33-19/h4-9,11-14H,1-3H3,(H3,27,29,30,32). The molecule has 0 saturated heterocycles. The van der Waals surface area contributed by atoms with Crippen molar-refractivity contribution in [2.24, 2.45) is 4.99 Å². The van der Waals surface area contributed by atoms with Gasteiger partial charge in [0.05, 0.1) is 36.3 Å². The van der Waals surface area contributed by atoms with Gasteiger partial charge in [0.15, 0.2) is 0 Å². The van der Waals surface area contributed by atoms with Crippen LogP contribution >= 0.6 is 0 Å². The van der Waals surface area contributed by atoms with Gasteiger partial charge in [0.1, 0.15) is 47.0 Å². The summed E-state index contributed by atoms with van der Waals surface area (Å²) in [7, 11) is 3.08. The fourth-order valence-corrected chi connectivity index (χ4v) is 3.52. The number of benzene rings is 1. The number of anilines is 2. The van der Waals surface area contributed by atoms with Crippen molar-refractivity contribution in [2.45, 2.75) is 13.0 Å². The second-order valence-electron chi connectivity index (χ2n) is 7.48. The molecule has 3 heterocycles. The van der Waals surface area contributed by atoms with E-state index in [-0.39, 0.29) is 23.4 Å². The van der Waals surface area contributed by atoms with E-state index in [1.165, 1.54) is 30.3 Å². The third-order valence-electron chi connectivity index (χ3n) is 5.28. The van der Waals surface area contributed by atoms with E-state index in [9.17, 15) is 9.65 Å². The monoisotopic (exact) mass is 471 g/mol. The lowest BCUT2D eigenvalue weighted by Gasteiger charge is -2.18. The van der Waals surface area contributed by atoms with Crippen molar-refractivity contribution in [3.8, 4) is 17.5 Å². The molecular formula is C24H22FN9O. The van der Waals surface area contributed by atoms with Crippen LogP contribution in [0.5, 0.6) is 5.75 Å². The van der Waals surface area contributed by atoms with Crippen LogP contribution in [0.25, 0.3) is 5.69 Å². The summed E-state index contributed by atoms with van der Waals surface area (Å²) < 4.78 is 20.9. The van der Waals surface area contributed by atoms with Crippen molar-refractivity contribution < 1.29 is 9.13 Å². The molecule has 11 heteroatoms. The third-order valence-corrected chi connectivity index (χ3v) is 5.28. The van der Waals surface area contributed by atoms with Crippen molar-refractivity contribution in [1.82, 2.24) is 24.7 Å². The average Bonchev–Trinajstić information content (AvgIpc) is 3.36. The Hall–Kier alpha value is -4.85. The van der Waals surface area contributed by atoms with Gasteiger partial charge in [-0.15, -0.1) is 0 Å².